The number of rotatable bonds is 7. The zero-order chi connectivity index (χ0) is 50.5. The fourth-order valence-electron chi connectivity index (χ4n) is 6.58. The van der Waals surface area contributed by atoms with Gasteiger partial charge in [-0.2, -0.15) is 21.0 Å². The molecule has 4 nitrogen and oxygen atoms in total. The minimum Gasteiger partial charge on any atom is -0.418 e. The van der Waals surface area contributed by atoms with Crippen molar-refractivity contribution < 1.29 is 54.0 Å². The van der Waals surface area contributed by atoms with E-state index in [0.29, 0.717) is 0 Å². The Bertz CT molecular complexity index is 2600. The fourth-order valence-corrected chi connectivity index (χ4v) is 11.5. The zero-order valence-electron chi connectivity index (χ0n) is 37.7. The van der Waals surface area contributed by atoms with Crippen LogP contribution in [0.5, 0.6) is 0 Å². The third kappa shape index (κ3) is 21.0. The van der Waals surface area contributed by atoms with Gasteiger partial charge >= 0.3 is 34.0 Å². The summed E-state index contributed by atoms with van der Waals surface area (Å²) in [7, 11) is -13.7. The molecule has 0 saturated heterocycles. The van der Waals surface area contributed by atoms with Crippen molar-refractivity contribution in [2.45, 2.75) is 27.7 Å². The molecule has 0 N–H and O–H groups in total. The second kappa shape index (κ2) is 32.1. The van der Waals surface area contributed by atoms with Crippen LogP contribution in [0.4, 0.5) is 34.5 Å². The van der Waals surface area contributed by atoms with Gasteiger partial charge in [-0.05, 0) is 80.3 Å². The maximum absolute atomic E-state index is 9.75. The standard InChI is InChI=1S/C44H32P2.4C2H3N.2BF4.Ru/c1-5-19-35(20-6-1)45(36-21-7-2-8-22-36)41-31-29-33-17-13-15-27-39(33)43(41)44-40-28-16-14-18-34(40)30-32-42(44)46(37-23-9-3-10-24-37)38-25-11-4-12-26-38;4*1-2-3;2*2-1(3,4)5;/h1-32H;4*1H3;;;/q;;;;;2*-1;+2. The van der Waals surface area contributed by atoms with Gasteiger partial charge in [0.2, 0.25) is 0 Å². The molecular formula is C52H44B2F8N4P2Ru. The van der Waals surface area contributed by atoms with Crippen LogP contribution in [-0.2, 0) is 19.5 Å². The van der Waals surface area contributed by atoms with E-state index in [4.69, 9.17) is 21.0 Å². The molecule has 0 amide bonds. The zero-order valence-corrected chi connectivity index (χ0v) is 41.2. The van der Waals surface area contributed by atoms with Gasteiger partial charge in [0.15, 0.2) is 0 Å². The van der Waals surface area contributed by atoms with Gasteiger partial charge in [0, 0.05) is 27.7 Å². The summed E-state index contributed by atoms with van der Waals surface area (Å²) >= 11 is 0. The van der Waals surface area contributed by atoms with Crippen LogP contribution in [0.1, 0.15) is 27.7 Å². The molecule has 17 heteroatoms. The Hall–Kier alpha value is -6.71. The molecule has 0 heterocycles. The van der Waals surface area contributed by atoms with E-state index in [9.17, 15) is 34.5 Å². The van der Waals surface area contributed by atoms with Crippen LogP contribution >= 0.6 is 15.8 Å². The Kier molecular flexibility index (Phi) is 28.1. The molecule has 69 heavy (non-hydrogen) atoms. The van der Waals surface area contributed by atoms with Gasteiger partial charge in [-0.3, -0.25) is 0 Å². The van der Waals surface area contributed by atoms with E-state index in [2.05, 4.69) is 194 Å². The summed E-state index contributed by atoms with van der Waals surface area (Å²) < 4.78 is 78.0. The first-order valence-corrected chi connectivity index (χ1v) is 23.0. The number of hydrogen-bond acceptors (Lipinski definition) is 4. The summed E-state index contributed by atoms with van der Waals surface area (Å²) in [4.78, 5) is 0. The van der Waals surface area contributed by atoms with Crippen molar-refractivity contribution in [2.75, 3.05) is 0 Å². The van der Waals surface area contributed by atoms with E-state index in [0.717, 1.165) is 0 Å². The Labute approximate surface area is 414 Å². The summed E-state index contributed by atoms with van der Waals surface area (Å²) in [6.45, 7) is 5.72. The van der Waals surface area contributed by atoms with Crippen LogP contribution in [0.25, 0.3) is 32.7 Å². The molecule has 352 valence electrons. The van der Waals surface area contributed by atoms with Gasteiger partial charge in [-0.15, -0.1) is 0 Å². The van der Waals surface area contributed by atoms with Gasteiger partial charge < -0.3 is 34.5 Å². The third-order valence-electron chi connectivity index (χ3n) is 8.60. The first kappa shape index (κ1) is 60.3. The molecule has 0 saturated carbocycles. The Morgan fingerprint density at radius 2 is 0.507 bits per heavy atom. The average Bonchev–Trinajstić information content (AvgIpc) is 3.31. The first-order chi connectivity index (χ1) is 32.5. The maximum atomic E-state index is 9.75. The smallest absolute Gasteiger partial charge is 0.418 e. The van der Waals surface area contributed by atoms with Crippen LogP contribution in [0.3, 0.4) is 0 Å². The fraction of sp³-hybridized carbons (Fsp3) is 0.0769. The summed E-state index contributed by atoms with van der Waals surface area (Å²) in [5.41, 5.74) is 2.70. The van der Waals surface area contributed by atoms with E-state index in [1.807, 2.05) is 0 Å². The number of benzene rings is 8. The predicted octanol–water partition coefficient (Wildman–Crippen LogP) is 13.9. The molecular weight excluding hydrogens is 1020 g/mol. The van der Waals surface area contributed by atoms with Crippen LogP contribution < -0.4 is 31.8 Å². The third-order valence-corrected chi connectivity index (χ3v) is 13.6. The van der Waals surface area contributed by atoms with Gasteiger partial charge in [0.25, 0.3) is 0 Å². The number of nitrogens with zero attached hydrogens (tertiary/aromatic N) is 4. The Morgan fingerprint density at radius 3 is 0.725 bits per heavy atom. The number of fused-ring (bicyclic) bond motifs is 2. The van der Waals surface area contributed by atoms with Crippen molar-refractivity contribution in [2.24, 2.45) is 0 Å². The molecule has 0 radical (unpaired) electrons. The Balaban J connectivity index is 0.000000880. The molecule has 0 aliphatic carbocycles. The van der Waals surface area contributed by atoms with E-state index in [-0.39, 0.29) is 19.5 Å². The van der Waals surface area contributed by atoms with E-state index in [1.165, 1.54) is 92.2 Å². The minimum atomic E-state index is -6.00. The Morgan fingerprint density at radius 1 is 0.319 bits per heavy atom. The summed E-state index contributed by atoms with van der Waals surface area (Å²) in [6.07, 6.45) is 0. The van der Waals surface area contributed by atoms with Crippen molar-refractivity contribution in [3.63, 3.8) is 0 Å². The molecule has 8 aromatic rings. The molecule has 0 aromatic heterocycles. The molecule has 0 unspecified atom stereocenters. The van der Waals surface area contributed by atoms with Crippen LogP contribution in [0.15, 0.2) is 194 Å². The van der Waals surface area contributed by atoms with Gasteiger partial charge in [-0.1, -0.05) is 194 Å². The van der Waals surface area contributed by atoms with Gasteiger partial charge in [-0.25, -0.2) is 0 Å². The predicted molar refractivity (Wildman–Crippen MR) is 270 cm³/mol. The van der Waals surface area contributed by atoms with Gasteiger partial charge in [0.1, 0.15) is 0 Å². The molecule has 0 aliphatic rings. The van der Waals surface area contributed by atoms with Crippen molar-refractivity contribution in [1.29, 1.82) is 21.0 Å². The second-order valence-electron chi connectivity index (χ2n) is 13.3. The number of hydrogen-bond donors (Lipinski definition) is 0. The summed E-state index contributed by atoms with van der Waals surface area (Å²) in [6, 6.07) is 78.8. The molecule has 0 fully saturated rings. The van der Waals surface area contributed by atoms with Crippen LogP contribution in [-0.4, -0.2) is 14.5 Å². The molecule has 0 atom stereocenters. The summed E-state index contributed by atoms with van der Waals surface area (Å²) in [5.74, 6) is 0. The van der Waals surface area contributed by atoms with Crippen molar-refractivity contribution in [1.82, 2.24) is 0 Å². The first-order valence-electron chi connectivity index (χ1n) is 20.4. The van der Waals surface area contributed by atoms with Crippen molar-refractivity contribution in [3.8, 4) is 35.4 Å². The molecule has 0 spiro atoms. The largest absolute Gasteiger partial charge is 2.00 e. The maximum Gasteiger partial charge on any atom is 2.00 e. The SMILES string of the molecule is CC#N.CC#N.CC#N.CC#N.F[B-](F)(F)F.F[B-](F)(F)F.[Ru+2].c1ccc(P(c2ccccc2)c2ccc3ccccc3c2-c2c(P(c3ccccc3)c3ccccc3)ccc3ccccc23)cc1. The monoisotopic (exact) mass is 1060 g/mol. The molecule has 8 rings (SSSR count). The molecule has 0 bridgehead atoms. The molecule has 8 aromatic carbocycles. The second-order valence-corrected chi connectivity index (χ2v) is 17.6. The normalized spacial score (nSPS) is 9.83. The van der Waals surface area contributed by atoms with Crippen LogP contribution in [0.2, 0.25) is 0 Å². The van der Waals surface area contributed by atoms with E-state index in [1.54, 1.807) is 24.3 Å². The van der Waals surface area contributed by atoms with Gasteiger partial charge in [0.05, 0.1) is 24.3 Å². The van der Waals surface area contributed by atoms with Crippen molar-refractivity contribution >= 4 is 83.7 Å². The quantitative estimate of drug-likeness (QED) is 0.0902. The summed E-state index contributed by atoms with van der Waals surface area (Å²) in [5, 5.41) is 42.6. The van der Waals surface area contributed by atoms with E-state index < -0.39 is 30.4 Å². The number of halogens is 8. The molecule has 0 aliphatic heterocycles. The number of nitriles is 4. The average molecular weight is 1060 g/mol. The van der Waals surface area contributed by atoms with E-state index >= 15 is 0 Å². The van der Waals surface area contributed by atoms with Crippen LogP contribution in [0, 0.1) is 45.3 Å². The van der Waals surface area contributed by atoms with Crippen molar-refractivity contribution in [3.05, 3.63) is 194 Å². The topological polar surface area (TPSA) is 95.2 Å². The minimum absolute atomic E-state index is 0.